The molecule has 4 heteroatoms. The highest BCUT2D eigenvalue weighted by Crippen LogP contribution is 2.23. The molecule has 0 saturated heterocycles. The van der Waals surface area contributed by atoms with Crippen LogP contribution in [0.4, 0.5) is 0 Å². The molecule has 0 saturated carbocycles. The summed E-state index contributed by atoms with van der Waals surface area (Å²) in [6.07, 6.45) is 0.370. The molecule has 2 nitrogen and oxygen atoms in total. The van der Waals surface area contributed by atoms with Gasteiger partial charge in [-0.25, -0.2) is 0 Å². The molecule has 0 aliphatic carbocycles. The van der Waals surface area contributed by atoms with Gasteiger partial charge in [-0.1, -0.05) is 27.5 Å². The summed E-state index contributed by atoms with van der Waals surface area (Å²) in [6.45, 7) is 0. The van der Waals surface area contributed by atoms with Crippen LogP contribution in [0, 0.1) is 0 Å². The summed E-state index contributed by atoms with van der Waals surface area (Å²) in [5, 5.41) is 10.4. The van der Waals surface area contributed by atoms with Crippen molar-refractivity contribution < 1.29 is 9.90 Å². The van der Waals surface area contributed by atoms with E-state index in [0.29, 0.717) is 22.3 Å². The average Bonchev–Trinajstić information content (AvgIpc) is 2.04. The van der Waals surface area contributed by atoms with E-state index in [4.69, 9.17) is 11.6 Å². The van der Waals surface area contributed by atoms with Gasteiger partial charge in [-0.2, -0.15) is 0 Å². The fourth-order valence-corrected chi connectivity index (χ4v) is 1.49. The summed E-state index contributed by atoms with van der Waals surface area (Å²) in [6, 6.07) is 4.48. The highest BCUT2D eigenvalue weighted by molar-refractivity contribution is 9.09. The van der Waals surface area contributed by atoms with Gasteiger partial charge in [-0.15, -0.1) is 0 Å². The van der Waals surface area contributed by atoms with E-state index in [1.54, 1.807) is 6.07 Å². The molecule has 0 aliphatic heterocycles. The molecule has 0 spiro atoms. The molecule has 13 heavy (non-hydrogen) atoms. The Morgan fingerprint density at radius 2 is 2.23 bits per heavy atom. The minimum Gasteiger partial charge on any atom is -0.507 e. The molecule has 1 N–H and O–H groups in total. The van der Waals surface area contributed by atoms with E-state index < -0.39 is 0 Å². The third-order valence-corrected chi connectivity index (χ3v) is 2.21. The molecule has 1 rings (SSSR count). The van der Waals surface area contributed by atoms with Crippen LogP contribution in [0.3, 0.4) is 0 Å². The van der Waals surface area contributed by atoms with E-state index >= 15 is 0 Å². The number of phenols is 1. The zero-order chi connectivity index (χ0) is 9.84. The van der Waals surface area contributed by atoms with Gasteiger partial charge >= 0.3 is 0 Å². The van der Waals surface area contributed by atoms with Crippen molar-refractivity contribution in [3.8, 4) is 5.75 Å². The molecule has 0 aliphatic rings. The number of alkyl halides is 1. The van der Waals surface area contributed by atoms with E-state index in [-0.39, 0.29) is 11.5 Å². The fraction of sp³-hybridized carbons (Fsp3) is 0.222. The van der Waals surface area contributed by atoms with Gasteiger partial charge in [0.2, 0.25) is 0 Å². The number of Topliss-reactive ketones (excluding diaryl/α,β-unsaturated/α-hetero) is 1. The van der Waals surface area contributed by atoms with Gasteiger partial charge < -0.3 is 5.11 Å². The molecular weight excluding hydrogens is 255 g/mol. The quantitative estimate of drug-likeness (QED) is 0.672. The Labute approximate surface area is 89.7 Å². The van der Waals surface area contributed by atoms with Gasteiger partial charge in [0.25, 0.3) is 0 Å². The van der Waals surface area contributed by atoms with Crippen LogP contribution in [0.2, 0.25) is 5.02 Å². The first-order valence-electron chi connectivity index (χ1n) is 3.73. The Kier molecular flexibility index (Phi) is 3.75. The summed E-state index contributed by atoms with van der Waals surface area (Å²) < 4.78 is 0. The predicted molar refractivity (Wildman–Crippen MR) is 55.9 cm³/mol. The average molecular weight is 264 g/mol. The van der Waals surface area contributed by atoms with E-state index in [9.17, 15) is 9.90 Å². The first-order chi connectivity index (χ1) is 6.15. The number of benzene rings is 1. The first kappa shape index (κ1) is 10.5. The first-order valence-corrected chi connectivity index (χ1v) is 5.22. The number of rotatable bonds is 3. The van der Waals surface area contributed by atoms with Gasteiger partial charge in [0.05, 0.1) is 5.56 Å². The maximum atomic E-state index is 11.3. The second kappa shape index (κ2) is 4.63. The molecule has 1 aromatic carbocycles. The highest BCUT2D eigenvalue weighted by atomic mass is 79.9. The number of aromatic hydroxyl groups is 1. The van der Waals surface area contributed by atoms with E-state index in [1.807, 2.05) is 0 Å². The Morgan fingerprint density at radius 3 is 2.77 bits per heavy atom. The molecule has 0 fully saturated rings. The third-order valence-electron chi connectivity index (χ3n) is 1.58. The number of phenolic OH excluding ortho intramolecular Hbond substituents is 1. The lowest BCUT2D eigenvalue weighted by molar-refractivity contribution is 0.0987. The van der Waals surface area contributed by atoms with E-state index in [1.165, 1.54) is 12.1 Å². The van der Waals surface area contributed by atoms with Gasteiger partial charge in [-0.3, -0.25) is 4.79 Å². The highest BCUT2D eigenvalue weighted by Gasteiger charge is 2.09. The van der Waals surface area contributed by atoms with Crippen molar-refractivity contribution in [2.45, 2.75) is 6.42 Å². The second-order valence-electron chi connectivity index (χ2n) is 2.52. The monoisotopic (exact) mass is 262 g/mol. The van der Waals surface area contributed by atoms with Crippen LogP contribution < -0.4 is 0 Å². The maximum Gasteiger partial charge on any atom is 0.167 e. The summed E-state index contributed by atoms with van der Waals surface area (Å²) in [5.41, 5.74) is 0.323. The molecule has 0 amide bonds. The summed E-state index contributed by atoms with van der Waals surface area (Å²) in [7, 11) is 0. The normalized spacial score (nSPS) is 10.0. The largest absolute Gasteiger partial charge is 0.507 e. The summed E-state index contributed by atoms with van der Waals surface area (Å²) in [4.78, 5) is 11.3. The van der Waals surface area contributed by atoms with Gasteiger partial charge in [0, 0.05) is 16.8 Å². The van der Waals surface area contributed by atoms with E-state index in [2.05, 4.69) is 15.9 Å². The number of carbonyl (C=O) groups is 1. The second-order valence-corrected chi connectivity index (χ2v) is 3.75. The van der Waals surface area contributed by atoms with Crippen molar-refractivity contribution in [2.24, 2.45) is 0 Å². The van der Waals surface area contributed by atoms with Crippen LogP contribution in [-0.2, 0) is 0 Å². The number of carbonyl (C=O) groups excluding carboxylic acids is 1. The Morgan fingerprint density at radius 1 is 1.54 bits per heavy atom. The third kappa shape index (κ3) is 2.71. The molecule has 0 bridgehead atoms. The molecular formula is C9H8BrClO2. The molecule has 0 unspecified atom stereocenters. The van der Waals surface area contributed by atoms with Gasteiger partial charge in [0.1, 0.15) is 5.75 Å². The van der Waals surface area contributed by atoms with Crippen molar-refractivity contribution in [2.75, 3.05) is 5.33 Å². The topological polar surface area (TPSA) is 37.3 Å². The van der Waals surface area contributed by atoms with E-state index in [0.717, 1.165) is 0 Å². The Balaban J connectivity index is 2.95. The van der Waals surface area contributed by atoms with Crippen molar-refractivity contribution in [1.29, 1.82) is 0 Å². The van der Waals surface area contributed by atoms with Crippen LogP contribution in [0.15, 0.2) is 18.2 Å². The molecule has 0 radical (unpaired) electrons. The van der Waals surface area contributed by atoms with Crippen LogP contribution in [0.1, 0.15) is 16.8 Å². The lowest BCUT2D eigenvalue weighted by Crippen LogP contribution is -1.99. The van der Waals surface area contributed by atoms with Crippen molar-refractivity contribution in [3.63, 3.8) is 0 Å². The minimum absolute atomic E-state index is 0.0570. The Hall–Kier alpha value is -0.540. The van der Waals surface area contributed by atoms with Crippen LogP contribution in [-0.4, -0.2) is 16.2 Å². The lowest BCUT2D eigenvalue weighted by atomic mass is 10.1. The number of halogens is 2. The summed E-state index contributed by atoms with van der Waals surface area (Å²) >= 11 is 8.78. The van der Waals surface area contributed by atoms with Crippen LogP contribution in [0.5, 0.6) is 5.75 Å². The molecule has 0 atom stereocenters. The minimum atomic E-state index is -0.0916. The molecule has 70 valence electrons. The SMILES string of the molecule is O=C(CCBr)c1ccc(Cl)cc1O. The molecule has 0 aromatic heterocycles. The maximum absolute atomic E-state index is 11.3. The number of hydrogen-bond acceptors (Lipinski definition) is 2. The van der Waals surface area contributed by atoms with Gasteiger partial charge in [-0.05, 0) is 18.2 Å². The molecule has 1 aromatic rings. The summed E-state index contributed by atoms with van der Waals surface area (Å²) in [5.74, 6) is -0.149. The fourth-order valence-electron chi connectivity index (χ4n) is 0.961. The predicted octanol–water partition coefficient (Wildman–Crippen LogP) is 3.01. The van der Waals surface area contributed by atoms with Crippen LogP contribution >= 0.6 is 27.5 Å². The Bertz CT molecular complexity index is 325. The zero-order valence-electron chi connectivity index (χ0n) is 6.76. The van der Waals surface area contributed by atoms with Crippen LogP contribution in [0.25, 0.3) is 0 Å². The standard InChI is InChI=1S/C9H8BrClO2/c10-4-3-8(12)7-2-1-6(11)5-9(7)13/h1-2,5,13H,3-4H2. The molecule has 0 heterocycles. The number of ketones is 1. The van der Waals surface area contributed by atoms with Crippen molar-refractivity contribution >= 4 is 33.3 Å². The van der Waals surface area contributed by atoms with Crippen molar-refractivity contribution in [1.82, 2.24) is 0 Å². The van der Waals surface area contributed by atoms with Gasteiger partial charge in [0.15, 0.2) is 5.78 Å². The van der Waals surface area contributed by atoms with Crippen molar-refractivity contribution in [3.05, 3.63) is 28.8 Å². The number of hydrogen-bond donors (Lipinski definition) is 1. The lowest BCUT2D eigenvalue weighted by Gasteiger charge is -2.01. The zero-order valence-corrected chi connectivity index (χ0v) is 9.10. The smallest absolute Gasteiger partial charge is 0.167 e.